The molecule has 1 aromatic rings. The number of rotatable bonds is 3. The molecule has 1 saturated heterocycles. The van der Waals surface area contributed by atoms with Gasteiger partial charge in [-0.15, -0.1) is 0 Å². The minimum atomic E-state index is -3.84. The van der Waals surface area contributed by atoms with Gasteiger partial charge in [-0.1, -0.05) is 12.1 Å². The van der Waals surface area contributed by atoms with Crippen molar-refractivity contribution in [1.29, 1.82) is 0 Å². The van der Waals surface area contributed by atoms with Crippen LogP contribution in [0, 0.1) is 5.82 Å². The van der Waals surface area contributed by atoms with Crippen LogP contribution in [0.4, 0.5) is 4.39 Å². The van der Waals surface area contributed by atoms with Gasteiger partial charge in [-0.25, -0.2) is 12.8 Å². The maximum absolute atomic E-state index is 12.8. The van der Waals surface area contributed by atoms with Gasteiger partial charge < -0.3 is 0 Å². The summed E-state index contributed by atoms with van der Waals surface area (Å²) in [6.07, 6.45) is 0. The molecule has 1 unspecified atom stereocenters. The number of benzene rings is 1. The molecule has 1 aromatic carbocycles. The Hall–Kier alpha value is -1.80. The molecular weight excluding hydrogens is 287 g/mol. The van der Waals surface area contributed by atoms with Gasteiger partial charge in [0.05, 0.1) is 12.3 Å². The Morgan fingerprint density at radius 2 is 1.90 bits per heavy atom. The van der Waals surface area contributed by atoms with Gasteiger partial charge in [0.15, 0.2) is 0 Å². The molecule has 2 rings (SSSR count). The van der Waals surface area contributed by atoms with Gasteiger partial charge in [0.25, 0.3) is 0 Å². The van der Waals surface area contributed by atoms with Crippen molar-refractivity contribution in [2.45, 2.75) is 18.7 Å². The Morgan fingerprint density at radius 3 is 2.50 bits per heavy atom. The lowest BCUT2D eigenvalue weighted by atomic mass is 10.2. The summed E-state index contributed by atoms with van der Waals surface area (Å²) in [4.78, 5) is 22.8. The highest BCUT2D eigenvalue weighted by atomic mass is 32.2. The van der Waals surface area contributed by atoms with Crippen LogP contribution in [0.2, 0.25) is 0 Å². The Kier molecular flexibility index (Phi) is 3.87. The molecule has 20 heavy (non-hydrogen) atoms. The molecule has 8 heteroatoms. The smallest absolute Gasteiger partial charge is 0.244 e. The van der Waals surface area contributed by atoms with E-state index in [1.807, 2.05) is 0 Å². The first-order chi connectivity index (χ1) is 9.29. The van der Waals surface area contributed by atoms with E-state index in [0.717, 1.165) is 16.4 Å². The topological polar surface area (TPSA) is 83.6 Å². The fraction of sp³-hybridized carbons (Fsp3) is 0.333. The van der Waals surface area contributed by atoms with Crippen molar-refractivity contribution >= 4 is 21.8 Å². The first-order valence-electron chi connectivity index (χ1n) is 5.87. The minimum absolute atomic E-state index is 0.386. The summed E-state index contributed by atoms with van der Waals surface area (Å²) in [6, 6.07) is 4.07. The summed E-state index contributed by atoms with van der Waals surface area (Å²) in [7, 11) is -3.84. The molecule has 0 bridgehead atoms. The van der Waals surface area contributed by atoms with Gasteiger partial charge in [0, 0.05) is 0 Å². The zero-order valence-electron chi connectivity index (χ0n) is 10.7. The molecule has 1 aliphatic heterocycles. The summed E-state index contributed by atoms with van der Waals surface area (Å²) in [5.41, 5.74) is 0.386. The molecule has 1 fully saturated rings. The third-order valence-corrected chi connectivity index (χ3v) is 4.85. The first kappa shape index (κ1) is 14.6. The Morgan fingerprint density at radius 1 is 1.30 bits per heavy atom. The standard InChI is InChI=1S/C12H13FN2O4S/c1-8-12(17)14-11(16)6-15(8)20(18,19)7-9-2-4-10(13)5-3-9/h2-5,8H,6-7H2,1H3,(H,14,16,17). The van der Waals surface area contributed by atoms with Gasteiger partial charge in [-0.05, 0) is 24.6 Å². The lowest BCUT2D eigenvalue weighted by Gasteiger charge is -2.30. The van der Waals surface area contributed by atoms with Gasteiger partial charge in [0.2, 0.25) is 21.8 Å². The van der Waals surface area contributed by atoms with Gasteiger partial charge in [-0.3, -0.25) is 14.9 Å². The lowest BCUT2D eigenvalue weighted by Crippen LogP contribution is -2.58. The number of nitrogens with one attached hydrogen (secondary N) is 1. The van der Waals surface area contributed by atoms with E-state index < -0.39 is 46.0 Å². The second-order valence-corrected chi connectivity index (χ2v) is 6.44. The predicted molar refractivity (Wildman–Crippen MR) is 68.3 cm³/mol. The molecule has 1 atom stereocenters. The number of hydrogen-bond donors (Lipinski definition) is 1. The molecule has 1 N–H and O–H groups in total. The van der Waals surface area contributed by atoms with E-state index >= 15 is 0 Å². The van der Waals surface area contributed by atoms with E-state index in [1.165, 1.54) is 19.1 Å². The van der Waals surface area contributed by atoms with Crippen molar-refractivity contribution in [3.63, 3.8) is 0 Å². The molecule has 0 aliphatic carbocycles. The second-order valence-electron chi connectivity index (χ2n) is 4.52. The number of sulfonamides is 1. The van der Waals surface area contributed by atoms with Crippen LogP contribution < -0.4 is 5.32 Å². The fourth-order valence-corrected chi connectivity index (χ4v) is 3.58. The van der Waals surface area contributed by atoms with E-state index in [9.17, 15) is 22.4 Å². The Balaban J connectivity index is 2.23. The summed E-state index contributed by atoms with van der Waals surface area (Å²) in [5.74, 6) is -2.16. The van der Waals surface area contributed by atoms with Crippen molar-refractivity contribution in [1.82, 2.24) is 9.62 Å². The normalized spacial score (nSPS) is 20.8. The molecule has 1 aliphatic rings. The number of imide groups is 1. The summed E-state index contributed by atoms with van der Waals surface area (Å²) >= 11 is 0. The summed E-state index contributed by atoms with van der Waals surface area (Å²) in [6.45, 7) is 1.01. The number of halogens is 1. The fourth-order valence-electron chi connectivity index (χ4n) is 1.90. The first-order valence-corrected chi connectivity index (χ1v) is 7.48. The number of amides is 2. The minimum Gasteiger partial charge on any atom is -0.294 e. The SMILES string of the molecule is CC1C(=O)NC(=O)CN1S(=O)(=O)Cc1ccc(F)cc1. The van der Waals surface area contributed by atoms with Crippen molar-refractivity contribution < 1.29 is 22.4 Å². The zero-order chi connectivity index (χ0) is 14.9. The van der Waals surface area contributed by atoms with E-state index in [4.69, 9.17) is 0 Å². The molecule has 6 nitrogen and oxygen atoms in total. The second kappa shape index (κ2) is 5.29. The van der Waals surface area contributed by atoms with Crippen molar-refractivity contribution in [2.24, 2.45) is 0 Å². The van der Waals surface area contributed by atoms with E-state index in [1.54, 1.807) is 0 Å². The van der Waals surface area contributed by atoms with E-state index in [-0.39, 0.29) is 0 Å². The summed E-state index contributed by atoms with van der Waals surface area (Å²) in [5, 5.41) is 2.07. The average molecular weight is 300 g/mol. The quantitative estimate of drug-likeness (QED) is 0.797. The maximum atomic E-state index is 12.8. The zero-order valence-corrected chi connectivity index (χ0v) is 11.5. The van der Waals surface area contributed by atoms with Crippen molar-refractivity contribution in [3.8, 4) is 0 Å². The third kappa shape index (κ3) is 3.02. The van der Waals surface area contributed by atoms with Crippen LogP contribution in [0.3, 0.4) is 0 Å². The lowest BCUT2D eigenvalue weighted by molar-refractivity contribution is -0.136. The van der Waals surface area contributed by atoms with Crippen LogP contribution in [0.1, 0.15) is 12.5 Å². The monoisotopic (exact) mass is 300 g/mol. The van der Waals surface area contributed by atoms with Crippen LogP contribution in [-0.2, 0) is 25.4 Å². The van der Waals surface area contributed by atoms with Crippen LogP contribution in [0.5, 0.6) is 0 Å². The van der Waals surface area contributed by atoms with Crippen LogP contribution in [-0.4, -0.2) is 37.1 Å². The largest absolute Gasteiger partial charge is 0.294 e. The molecular formula is C12H13FN2O4S. The highest BCUT2D eigenvalue weighted by Crippen LogP contribution is 2.16. The molecule has 0 radical (unpaired) electrons. The number of piperazine rings is 1. The maximum Gasteiger partial charge on any atom is 0.244 e. The number of nitrogens with zero attached hydrogens (tertiary/aromatic N) is 1. The molecule has 0 saturated carbocycles. The highest BCUT2D eigenvalue weighted by molar-refractivity contribution is 7.88. The van der Waals surface area contributed by atoms with Crippen LogP contribution in [0.15, 0.2) is 24.3 Å². The molecule has 0 aromatic heterocycles. The number of carbonyl (C=O) groups is 2. The van der Waals surface area contributed by atoms with Gasteiger partial charge >= 0.3 is 0 Å². The molecule has 1 heterocycles. The Labute approximate surface area is 115 Å². The van der Waals surface area contributed by atoms with Gasteiger partial charge in [-0.2, -0.15) is 4.31 Å². The predicted octanol–water partition coefficient (Wildman–Crippen LogP) is 0.00240. The van der Waals surface area contributed by atoms with Crippen LogP contribution >= 0.6 is 0 Å². The Bertz CT molecular complexity index is 642. The molecule has 108 valence electrons. The molecule has 0 spiro atoms. The van der Waals surface area contributed by atoms with E-state index in [2.05, 4.69) is 5.32 Å². The average Bonchev–Trinajstić information content (AvgIpc) is 2.36. The highest BCUT2D eigenvalue weighted by Gasteiger charge is 2.37. The summed E-state index contributed by atoms with van der Waals surface area (Å²) < 4.78 is 38.1. The van der Waals surface area contributed by atoms with Crippen molar-refractivity contribution in [3.05, 3.63) is 35.6 Å². The number of carbonyl (C=O) groups excluding carboxylic acids is 2. The van der Waals surface area contributed by atoms with Crippen LogP contribution in [0.25, 0.3) is 0 Å². The van der Waals surface area contributed by atoms with Gasteiger partial charge in [0.1, 0.15) is 11.9 Å². The third-order valence-electron chi connectivity index (χ3n) is 2.99. The van der Waals surface area contributed by atoms with Crippen molar-refractivity contribution in [2.75, 3.05) is 6.54 Å². The molecule has 2 amide bonds. The van der Waals surface area contributed by atoms with E-state index in [0.29, 0.717) is 5.56 Å². The number of hydrogen-bond acceptors (Lipinski definition) is 4.